The number of H-pyrrole nitrogens is 2. The van der Waals surface area contributed by atoms with E-state index in [-0.39, 0.29) is 5.56 Å². The molecule has 8 nitrogen and oxygen atoms in total. The van der Waals surface area contributed by atoms with Crippen LogP contribution in [0.25, 0.3) is 0 Å². The number of halogens is 1. The summed E-state index contributed by atoms with van der Waals surface area (Å²) in [5.41, 5.74) is -1.21. The molecule has 1 aromatic heterocycles. The Morgan fingerprint density at radius 3 is 2.80 bits per heavy atom. The van der Waals surface area contributed by atoms with Crippen molar-refractivity contribution < 1.29 is 19.4 Å². The standard InChI is InChI=1S/C11H13ClN2O6/c1-4(16)19-9-6(3-15)20-8(7(9)12)5-2-13-11(18)14-10(5)17/h2,6-9,15H,3H2,1H3,(H2,13,14,17,18)/t6-,7+,8+,9-/m1/s1. The van der Waals surface area contributed by atoms with Gasteiger partial charge in [0.2, 0.25) is 0 Å². The Labute approximate surface area is 117 Å². The number of carbonyl (C=O) groups is 1. The van der Waals surface area contributed by atoms with Crippen molar-refractivity contribution in [3.05, 3.63) is 32.6 Å². The normalized spacial score (nSPS) is 29.4. The predicted molar refractivity (Wildman–Crippen MR) is 67.6 cm³/mol. The first-order valence-electron chi connectivity index (χ1n) is 5.83. The number of rotatable bonds is 3. The van der Waals surface area contributed by atoms with E-state index in [1.54, 1.807) is 0 Å². The summed E-state index contributed by atoms with van der Waals surface area (Å²) in [5.74, 6) is -0.571. The number of aromatic nitrogens is 2. The summed E-state index contributed by atoms with van der Waals surface area (Å²) in [7, 11) is 0. The number of hydrogen-bond acceptors (Lipinski definition) is 6. The molecular formula is C11H13ClN2O6. The van der Waals surface area contributed by atoms with E-state index in [0.29, 0.717) is 0 Å². The Morgan fingerprint density at radius 2 is 2.25 bits per heavy atom. The van der Waals surface area contributed by atoms with Crippen LogP contribution in [0, 0.1) is 0 Å². The van der Waals surface area contributed by atoms with Gasteiger partial charge in [-0.15, -0.1) is 11.6 Å². The lowest BCUT2D eigenvalue weighted by Gasteiger charge is -2.17. The number of carbonyl (C=O) groups excluding carboxylic acids is 1. The molecule has 3 N–H and O–H groups in total. The second-order valence-electron chi connectivity index (χ2n) is 4.32. The molecule has 0 unspecified atom stereocenters. The van der Waals surface area contributed by atoms with Crippen LogP contribution >= 0.6 is 11.6 Å². The first-order valence-corrected chi connectivity index (χ1v) is 6.27. The van der Waals surface area contributed by atoms with Gasteiger partial charge in [-0.25, -0.2) is 4.79 Å². The van der Waals surface area contributed by atoms with Crippen LogP contribution in [-0.2, 0) is 14.3 Å². The largest absolute Gasteiger partial charge is 0.458 e. The average molecular weight is 305 g/mol. The van der Waals surface area contributed by atoms with E-state index in [0.717, 1.165) is 0 Å². The zero-order valence-electron chi connectivity index (χ0n) is 10.5. The molecule has 1 fully saturated rings. The van der Waals surface area contributed by atoms with Crippen molar-refractivity contribution in [2.45, 2.75) is 30.6 Å². The summed E-state index contributed by atoms with van der Waals surface area (Å²) in [6, 6.07) is 0. The van der Waals surface area contributed by atoms with Crippen molar-refractivity contribution in [2.24, 2.45) is 0 Å². The molecule has 0 aromatic carbocycles. The smallest absolute Gasteiger partial charge is 0.325 e. The fraction of sp³-hybridized carbons (Fsp3) is 0.545. The topological polar surface area (TPSA) is 121 Å². The third-order valence-corrected chi connectivity index (χ3v) is 3.40. The van der Waals surface area contributed by atoms with E-state index in [9.17, 15) is 19.5 Å². The van der Waals surface area contributed by atoms with Crippen molar-refractivity contribution in [1.82, 2.24) is 9.97 Å². The third kappa shape index (κ3) is 2.77. The average Bonchev–Trinajstić information content (AvgIpc) is 2.67. The Morgan fingerprint density at radius 1 is 1.55 bits per heavy atom. The molecule has 0 aliphatic carbocycles. The summed E-state index contributed by atoms with van der Waals surface area (Å²) in [6.07, 6.45) is -1.43. The van der Waals surface area contributed by atoms with Gasteiger partial charge in [-0.3, -0.25) is 14.6 Å². The fourth-order valence-electron chi connectivity index (χ4n) is 2.07. The van der Waals surface area contributed by atoms with Crippen molar-refractivity contribution in [1.29, 1.82) is 0 Å². The highest BCUT2D eigenvalue weighted by Gasteiger charge is 2.47. The Bertz CT molecular complexity index is 611. The number of aliphatic hydroxyl groups is 1. The highest BCUT2D eigenvalue weighted by atomic mass is 35.5. The van der Waals surface area contributed by atoms with Crippen LogP contribution in [0.15, 0.2) is 15.8 Å². The maximum Gasteiger partial charge on any atom is 0.325 e. The molecule has 4 atom stereocenters. The van der Waals surface area contributed by atoms with Gasteiger partial charge in [-0.05, 0) is 0 Å². The summed E-state index contributed by atoms with van der Waals surface area (Å²) in [5, 5.41) is 8.37. The van der Waals surface area contributed by atoms with Crippen LogP contribution in [0.3, 0.4) is 0 Å². The molecule has 1 aromatic rings. The van der Waals surface area contributed by atoms with Gasteiger partial charge in [0.25, 0.3) is 5.56 Å². The number of alkyl halides is 1. The summed E-state index contributed by atoms with van der Waals surface area (Å²) in [4.78, 5) is 38.1. The minimum Gasteiger partial charge on any atom is -0.458 e. The van der Waals surface area contributed by atoms with Gasteiger partial charge >= 0.3 is 11.7 Å². The quantitative estimate of drug-likeness (QED) is 0.488. The highest BCUT2D eigenvalue weighted by Crippen LogP contribution is 2.37. The summed E-state index contributed by atoms with van der Waals surface area (Å²) < 4.78 is 10.4. The number of aliphatic hydroxyl groups excluding tert-OH is 1. The highest BCUT2D eigenvalue weighted by molar-refractivity contribution is 6.21. The first-order chi connectivity index (χ1) is 9.43. The lowest BCUT2D eigenvalue weighted by atomic mass is 10.1. The van der Waals surface area contributed by atoms with Crippen LogP contribution in [0.2, 0.25) is 0 Å². The van der Waals surface area contributed by atoms with Crippen molar-refractivity contribution >= 4 is 17.6 Å². The molecule has 2 rings (SSSR count). The van der Waals surface area contributed by atoms with Crippen LogP contribution in [0.4, 0.5) is 0 Å². The SMILES string of the molecule is CC(=O)O[C@H]1[C@@H](Cl)[C@H](c2c[nH]c(=O)[nH]c2=O)O[C@@H]1CO. The molecule has 1 aliphatic heterocycles. The zero-order chi connectivity index (χ0) is 14.9. The Hall–Kier alpha value is -1.64. The lowest BCUT2D eigenvalue weighted by Crippen LogP contribution is -2.35. The van der Waals surface area contributed by atoms with Crippen molar-refractivity contribution in [2.75, 3.05) is 6.61 Å². The predicted octanol–water partition coefficient (Wildman–Crippen LogP) is -0.966. The molecule has 0 radical (unpaired) electrons. The van der Waals surface area contributed by atoms with E-state index in [1.807, 2.05) is 4.98 Å². The van der Waals surface area contributed by atoms with Crippen LogP contribution in [0.1, 0.15) is 18.6 Å². The molecule has 1 saturated heterocycles. The van der Waals surface area contributed by atoms with E-state index < -0.39 is 47.5 Å². The van der Waals surface area contributed by atoms with Gasteiger partial charge in [0.1, 0.15) is 23.7 Å². The van der Waals surface area contributed by atoms with Gasteiger partial charge in [-0.1, -0.05) is 0 Å². The zero-order valence-corrected chi connectivity index (χ0v) is 11.2. The van der Waals surface area contributed by atoms with Crippen molar-refractivity contribution in [3.63, 3.8) is 0 Å². The number of esters is 1. The minimum absolute atomic E-state index is 0.0951. The molecule has 0 spiro atoms. The van der Waals surface area contributed by atoms with Gasteiger partial charge in [0, 0.05) is 13.1 Å². The molecule has 0 amide bonds. The molecule has 0 saturated carbocycles. The first kappa shape index (κ1) is 14.8. The van der Waals surface area contributed by atoms with E-state index >= 15 is 0 Å². The van der Waals surface area contributed by atoms with E-state index in [2.05, 4.69) is 4.98 Å². The minimum atomic E-state index is -0.904. The van der Waals surface area contributed by atoms with E-state index in [4.69, 9.17) is 21.1 Å². The van der Waals surface area contributed by atoms with Crippen LogP contribution in [-0.4, -0.2) is 45.2 Å². The van der Waals surface area contributed by atoms with Gasteiger partial charge in [0.05, 0.1) is 12.2 Å². The van der Waals surface area contributed by atoms with Gasteiger partial charge < -0.3 is 19.6 Å². The number of aromatic amines is 2. The van der Waals surface area contributed by atoms with Gasteiger partial charge in [-0.2, -0.15) is 0 Å². The molecule has 2 heterocycles. The number of ether oxygens (including phenoxy) is 2. The molecule has 1 aliphatic rings. The maximum atomic E-state index is 11.7. The second-order valence-corrected chi connectivity index (χ2v) is 4.83. The summed E-state index contributed by atoms with van der Waals surface area (Å²) in [6.45, 7) is 0.789. The van der Waals surface area contributed by atoms with Crippen molar-refractivity contribution in [3.8, 4) is 0 Å². The Kier molecular flexibility index (Phi) is 4.26. The maximum absolute atomic E-state index is 11.7. The number of hydrogen-bond donors (Lipinski definition) is 3. The van der Waals surface area contributed by atoms with Crippen LogP contribution < -0.4 is 11.2 Å². The number of nitrogens with one attached hydrogen (secondary N) is 2. The molecule has 20 heavy (non-hydrogen) atoms. The fourth-order valence-corrected chi connectivity index (χ4v) is 2.48. The second kappa shape index (κ2) is 5.78. The molecular weight excluding hydrogens is 292 g/mol. The molecule has 110 valence electrons. The van der Waals surface area contributed by atoms with Crippen LogP contribution in [0.5, 0.6) is 0 Å². The molecule has 0 bridgehead atoms. The van der Waals surface area contributed by atoms with E-state index in [1.165, 1.54) is 13.1 Å². The summed E-state index contributed by atoms with van der Waals surface area (Å²) >= 11 is 6.15. The monoisotopic (exact) mass is 304 g/mol. The molecule has 9 heteroatoms. The lowest BCUT2D eigenvalue weighted by molar-refractivity contribution is -0.150. The third-order valence-electron chi connectivity index (χ3n) is 2.93. The van der Waals surface area contributed by atoms with Gasteiger partial charge in [0.15, 0.2) is 0 Å². The Balaban J connectivity index is 2.32.